The Bertz CT molecular complexity index is 1970. The minimum atomic E-state index is -0.945. The summed E-state index contributed by atoms with van der Waals surface area (Å²) in [6, 6.07) is 17.4. The van der Waals surface area contributed by atoms with E-state index in [1.54, 1.807) is 42.6 Å². The van der Waals surface area contributed by atoms with Gasteiger partial charge in [-0.15, -0.1) is 0 Å². The molecule has 5 aromatic rings. The largest absolute Gasteiger partial charge is 0.491 e. The minimum absolute atomic E-state index is 0.347. The molecule has 1 aliphatic heterocycles. The Balaban J connectivity index is 1.24. The molecule has 0 unspecified atom stereocenters. The monoisotopic (exact) mass is 748 g/mol. The third-order valence-electron chi connectivity index (χ3n) is 8.11. The van der Waals surface area contributed by atoms with Gasteiger partial charge in [-0.25, -0.2) is 23.7 Å². The average Bonchev–Trinajstić information content (AvgIpc) is 3.56. The van der Waals surface area contributed by atoms with Gasteiger partial charge < -0.3 is 30.3 Å². The maximum Gasteiger partial charge on any atom is 0.261 e. The number of morpholine rings is 1. The second kappa shape index (κ2) is 17.7. The Kier molecular flexibility index (Phi) is 12.6. The van der Waals surface area contributed by atoms with E-state index in [4.69, 9.17) is 31.0 Å². The Morgan fingerprint density at radius 2 is 1.81 bits per heavy atom. The molecule has 0 saturated carbocycles. The van der Waals surface area contributed by atoms with Crippen molar-refractivity contribution in [1.29, 1.82) is 0 Å². The summed E-state index contributed by atoms with van der Waals surface area (Å²) < 4.78 is 40.0. The molecule has 15 heteroatoms. The second-order valence-electron chi connectivity index (χ2n) is 12.3. The number of anilines is 4. The molecule has 0 radical (unpaired) electrons. The zero-order valence-corrected chi connectivity index (χ0v) is 30.4. The van der Waals surface area contributed by atoms with Gasteiger partial charge in [0.1, 0.15) is 29.6 Å². The van der Waals surface area contributed by atoms with Gasteiger partial charge in [0.2, 0.25) is 5.95 Å². The summed E-state index contributed by atoms with van der Waals surface area (Å²) >= 11 is 7.96. The number of thiazole rings is 1. The Morgan fingerprint density at radius 1 is 1.02 bits per heavy atom. The maximum absolute atomic E-state index is 14.3. The van der Waals surface area contributed by atoms with Crippen LogP contribution in [0.25, 0.3) is 21.8 Å². The van der Waals surface area contributed by atoms with Crippen LogP contribution in [0.2, 0.25) is 5.02 Å². The lowest BCUT2D eigenvalue weighted by atomic mass is 10.1. The molecule has 2 aromatic heterocycles. The van der Waals surface area contributed by atoms with Crippen molar-refractivity contribution in [3.8, 4) is 27.6 Å². The molecule has 0 spiro atoms. The number of nitrogens with zero attached hydrogens (tertiary/aromatic N) is 5. The van der Waals surface area contributed by atoms with Gasteiger partial charge in [0, 0.05) is 49.3 Å². The molecule has 52 heavy (non-hydrogen) atoms. The van der Waals surface area contributed by atoms with Crippen LogP contribution in [0.4, 0.5) is 31.2 Å². The number of ether oxygens (including phenoxy) is 2. The van der Waals surface area contributed by atoms with Gasteiger partial charge in [0.15, 0.2) is 5.13 Å². The molecule has 272 valence electrons. The fourth-order valence-electron chi connectivity index (χ4n) is 5.45. The van der Waals surface area contributed by atoms with E-state index < -0.39 is 23.1 Å². The fourth-order valence-corrected chi connectivity index (χ4v) is 6.67. The van der Waals surface area contributed by atoms with Crippen molar-refractivity contribution in [2.24, 2.45) is 0 Å². The van der Waals surface area contributed by atoms with Crippen molar-refractivity contribution >= 4 is 51.3 Å². The van der Waals surface area contributed by atoms with Gasteiger partial charge in [0.25, 0.3) is 5.91 Å². The van der Waals surface area contributed by atoms with Crippen molar-refractivity contribution in [2.45, 2.75) is 6.42 Å². The average molecular weight is 749 g/mol. The highest BCUT2D eigenvalue weighted by Gasteiger charge is 2.20. The summed E-state index contributed by atoms with van der Waals surface area (Å²) in [5.41, 5.74) is 2.28. The number of hydrogen-bond donors (Lipinski definition) is 3. The van der Waals surface area contributed by atoms with E-state index in [9.17, 15) is 13.6 Å². The summed E-state index contributed by atoms with van der Waals surface area (Å²) in [4.78, 5) is 32.2. The van der Waals surface area contributed by atoms with Crippen molar-refractivity contribution in [3.05, 3.63) is 95.1 Å². The van der Waals surface area contributed by atoms with Crippen LogP contribution in [-0.2, 0) is 4.74 Å². The molecule has 11 nitrogen and oxygen atoms in total. The van der Waals surface area contributed by atoms with Crippen LogP contribution >= 0.6 is 22.9 Å². The number of hydrogen-bond acceptors (Lipinski definition) is 11. The molecule has 1 saturated heterocycles. The van der Waals surface area contributed by atoms with Crippen LogP contribution in [0.15, 0.2) is 72.9 Å². The van der Waals surface area contributed by atoms with Crippen molar-refractivity contribution in [1.82, 2.24) is 24.8 Å². The predicted octanol–water partition coefficient (Wildman–Crippen LogP) is 7.27. The van der Waals surface area contributed by atoms with Gasteiger partial charge in [0.05, 0.1) is 34.5 Å². The van der Waals surface area contributed by atoms with Crippen LogP contribution in [0, 0.1) is 11.6 Å². The van der Waals surface area contributed by atoms with Crippen LogP contribution < -0.4 is 20.7 Å². The van der Waals surface area contributed by atoms with Crippen LogP contribution in [0.5, 0.6) is 5.75 Å². The fraction of sp³-hybridized carbons (Fsp3) is 0.297. The zero-order chi connectivity index (χ0) is 36.5. The van der Waals surface area contributed by atoms with E-state index in [0.717, 1.165) is 62.8 Å². The lowest BCUT2D eigenvalue weighted by Crippen LogP contribution is -2.37. The van der Waals surface area contributed by atoms with Gasteiger partial charge in [-0.2, -0.15) is 0 Å². The van der Waals surface area contributed by atoms with E-state index >= 15 is 0 Å². The topological polar surface area (TPSA) is 117 Å². The molecule has 1 fully saturated rings. The summed E-state index contributed by atoms with van der Waals surface area (Å²) in [7, 11) is 3.95. The highest BCUT2D eigenvalue weighted by Crippen LogP contribution is 2.39. The standard InChI is InChI=1S/C37H39ClF2N8O3S/c1-47(2)16-21-51-31-11-10-26(23-27(31)38)44-36-41-14-12-30(45-36)34-33(46-37(52-34)42-13-5-15-48-17-19-50-20-18-48)24-6-3-7-25(22-24)43-35(49)32-28(39)8-4-9-29(32)40/h3-4,6-12,14,22-23H,5,13,15-21H2,1-2H3,(H,42,46)(H,43,49)(H,41,44,45). The molecule has 0 aliphatic carbocycles. The highest BCUT2D eigenvalue weighted by atomic mass is 35.5. The smallest absolute Gasteiger partial charge is 0.261 e. The van der Waals surface area contributed by atoms with Gasteiger partial charge in [-0.05, 0) is 75.6 Å². The van der Waals surface area contributed by atoms with Crippen LogP contribution in [-0.4, -0.2) is 97.3 Å². The number of aromatic nitrogens is 3. The molecular weight excluding hydrogens is 710 g/mol. The first-order chi connectivity index (χ1) is 25.2. The van der Waals surface area contributed by atoms with Crippen LogP contribution in [0.3, 0.4) is 0 Å². The van der Waals surface area contributed by atoms with E-state index in [-0.39, 0.29) is 0 Å². The number of halogens is 3. The third kappa shape index (κ3) is 9.78. The number of benzene rings is 3. The molecule has 6 rings (SSSR count). The van der Waals surface area contributed by atoms with Gasteiger partial charge >= 0.3 is 0 Å². The number of rotatable bonds is 15. The number of carbonyl (C=O) groups excluding carboxylic acids is 1. The molecule has 1 amide bonds. The van der Waals surface area contributed by atoms with Crippen molar-refractivity contribution < 1.29 is 23.0 Å². The summed E-state index contributed by atoms with van der Waals surface area (Å²) in [6.45, 7) is 6.27. The Labute approximate surface area is 310 Å². The molecule has 0 bridgehead atoms. The number of likely N-dealkylation sites (N-methyl/N-ethyl adjacent to an activating group) is 1. The second-order valence-corrected chi connectivity index (χ2v) is 13.7. The number of amides is 1. The maximum atomic E-state index is 14.3. The Hall–Kier alpha value is -4.73. The van der Waals surface area contributed by atoms with Gasteiger partial charge in [-0.3, -0.25) is 9.69 Å². The number of carbonyl (C=O) groups is 1. The molecular formula is C37H39ClF2N8O3S. The molecule has 3 aromatic carbocycles. The molecule has 1 aliphatic rings. The van der Waals surface area contributed by atoms with E-state index in [2.05, 4.69) is 25.8 Å². The quantitative estimate of drug-likeness (QED) is 0.0945. The third-order valence-corrected chi connectivity index (χ3v) is 9.45. The van der Waals surface area contributed by atoms with Crippen molar-refractivity contribution in [3.63, 3.8) is 0 Å². The van der Waals surface area contributed by atoms with E-state index in [1.165, 1.54) is 17.4 Å². The lowest BCUT2D eigenvalue weighted by Gasteiger charge is -2.26. The van der Waals surface area contributed by atoms with Crippen molar-refractivity contribution in [2.75, 3.05) is 82.6 Å². The van der Waals surface area contributed by atoms with Gasteiger partial charge in [-0.1, -0.05) is 41.1 Å². The zero-order valence-electron chi connectivity index (χ0n) is 28.8. The molecule has 3 N–H and O–H groups in total. The highest BCUT2D eigenvalue weighted by molar-refractivity contribution is 7.19. The summed E-state index contributed by atoms with van der Waals surface area (Å²) in [5, 5.41) is 10.5. The SMILES string of the molecule is CN(C)CCOc1ccc(Nc2nccc(-c3sc(NCCCN4CCOCC4)nc3-c3cccc(NC(=O)c4c(F)cccc4F)c3)n2)cc1Cl. The summed E-state index contributed by atoms with van der Waals surface area (Å²) in [6.07, 6.45) is 2.57. The first-order valence-electron chi connectivity index (χ1n) is 16.8. The lowest BCUT2D eigenvalue weighted by molar-refractivity contribution is 0.0378. The predicted molar refractivity (Wildman–Crippen MR) is 202 cm³/mol. The normalized spacial score (nSPS) is 13.3. The molecule has 0 atom stereocenters. The number of nitrogens with one attached hydrogen (secondary N) is 3. The minimum Gasteiger partial charge on any atom is -0.491 e. The summed E-state index contributed by atoms with van der Waals surface area (Å²) in [5.74, 6) is -1.85. The first-order valence-corrected chi connectivity index (χ1v) is 18.0. The Morgan fingerprint density at radius 3 is 2.58 bits per heavy atom. The van der Waals surface area contributed by atoms with E-state index in [1.807, 2.05) is 31.1 Å². The first kappa shape index (κ1) is 37.0. The van der Waals surface area contributed by atoms with E-state index in [0.29, 0.717) is 63.3 Å². The molecule has 3 heterocycles. The van der Waals surface area contributed by atoms with Crippen LogP contribution in [0.1, 0.15) is 16.8 Å².